The van der Waals surface area contributed by atoms with Gasteiger partial charge in [-0.25, -0.2) is 4.39 Å². The molecule has 4 nitrogen and oxygen atoms in total. The van der Waals surface area contributed by atoms with Gasteiger partial charge >= 0.3 is 5.97 Å². The first-order valence-corrected chi connectivity index (χ1v) is 4.86. The highest BCUT2D eigenvalue weighted by atomic mass is 19.1. The molecule has 5 heteroatoms. The molecule has 88 valence electrons. The number of esters is 1. The molecular formula is C11H14FNO3. The Labute approximate surface area is 93.0 Å². The summed E-state index contributed by atoms with van der Waals surface area (Å²) in [5.41, 5.74) is 0.559. The third-order valence-electron chi connectivity index (χ3n) is 2.00. The maximum atomic E-state index is 12.8. The first kappa shape index (κ1) is 12.4. The number of ether oxygens (including phenoxy) is 1. The maximum Gasteiger partial charge on any atom is 0.308 e. The summed E-state index contributed by atoms with van der Waals surface area (Å²) in [6, 6.07) is 5.87. The Hall–Kier alpha value is -1.62. The minimum absolute atomic E-state index is 0.0845. The monoisotopic (exact) mass is 227 g/mol. The molecule has 0 spiro atoms. The van der Waals surface area contributed by atoms with Gasteiger partial charge in [-0.05, 0) is 18.2 Å². The topological polar surface area (TPSA) is 58.6 Å². The van der Waals surface area contributed by atoms with Gasteiger partial charge in [0.05, 0.1) is 19.6 Å². The fraction of sp³-hybridized carbons (Fsp3) is 0.364. The first-order valence-electron chi connectivity index (χ1n) is 4.86. The van der Waals surface area contributed by atoms with Gasteiger partial charge in [0, 0.05) is 12.2 Å². The van der Waals surface area contributed by atoms with Crippen LogP contribution < -0.4 is 5.32 Å². The minimum Gasteiger partial charge on any atom is -0.469 e. The molecule has 0 radical (unpaired) electrons. The second-order valence-corrected chi connectivity index (χ2v) is 3.33. The number of hydrogen-bond donors (Lipinski definition) is 2. The van der Waals surface area contributed by atoms with E-state index in [-0.39, 0.29) is 18.8 Å². The van der Waals surface area contributed by atoms with E-state index in [2.05, 4.69) is 10.1 Å². The fourth-order valence-corrected chi connectivity index (χ4v) is 1.18. The van der Waals surface area contributed by atoms with Gasteiger partial charge < -0.3 is 15.2 Å². The molecule has 1 atom stereocenters. The summed E-state index contributed by atoms with van der Waals surface area (Å²) in [5.74, 6) is -0.832. The zero-order valence-electron chi connectivity index (χ0n) is 8.94. The van der Waals surface area contributed by atoms with Crippen LogP contribution in [0.2, 0.25) is 0 Å². The summed E-state index contributed by atoms with van der Waals surface area (Å²) in [7, 11) is 1.26. The largest absolute Gasteiger partial charge is 0.469 e. The first-order chi connectivity index (χ1) is 7.61. The highest BCUT2D eigenvalue weighted by molar-refractivity contribution is 5.69. The molecule has 1 unspecified atom stereocenters. The molecule has 0 aromatic heterocycles. The van der Waals surface area contributed by atoms with Crippen molar-refractivity contribution in [3.8, 4) is 0 Å². The Morgan fingerprint density at radius 3 is 3.00 bits per heavy atom. The third-order valence-corrected chi connectivity index (χ3v) is 2.00. The van der Waals surface area contributed by atoms with Crippen LogP contribution >= 0.6 is 0 Å². The van der Waals surface area contributed by atoms with Crippen LogP contribution in [0.1, 0.15) is 6.42 Å². The normalized spacial score (nSPS) is 11.9. The van der Waals surface area contributed by atoms with Crippen molar-refractivity contribution in [3.63, 3.8) is 0 Å². The van der Waals surface area contributed by atoms with Crippen molar-refractivity contribution in [1.29, 1.82) is 0 Å². The quantitative estimate of drug-likeness (QED) is 0.741. The molecule has 0 aliphatic rings. The molecule has 0 aliphatic carbocycles. The molecule has 16 heavy (non-hydrogen) atoms. The van der Waals surface area contributed by atoms with E-state index in [1.165, 1.54) is 19.2 Å². The summed E-state index contributed by atoms with van der Waals surface area (Å²) < 4.78 is 17.2. The van der Waals surface area contributed by atoms with Crippen molar-refractivity contribution >= 4 is 11.7 Å². The lowest BCUT2D eigenvalue weighted by atomic mass is 10.2. The molecule has 0 bridgehead atoms. The summed E-state index contributed by atoms with van der Waals surface area (Å²) in [6.07, 6.45) is -0.936. The van der Waals surface area contributed by atoms with E-state index in [0.29, 0.717) is 5.69 Å². The second kappa shape index (κ2) is 6.07. The number of nitrogens with one attached hydrogen (secondary N) is 1. The van der Waals surface area contributed by atoms with Gasteiger partial charge in [-0.15, -0.1) is 0 Å². The van der Waals surface area contributed by atoms with Gasteiger partial charge in [-0.1, -0.05) is 6.07 Å². The summed E-state index contributed by atoms with van der Waals surface area (Å²) in [4.78, 5) is 10.8. The molecule has 0 aliphatic heterocycles. The zero-order chi connectivity index (χ0) is 12.0. The Kier molecular flexibility index (Phi) is 4.72. The minimum atomic E-state index is -0.851. The third kappa shape index (κ3) is 4.27. The molecule has 0 amide bonds. The van der Waals surface area contributed by atoms with Crippen LogP contribution in [-0.2, 0) is 9.53 Å². The molecule has 1 aromatic carbocycles. The van der Waals surface area contributed by atoms with Crippen LogP contribution in [0.3, 0.4) is 0 Å². The molecular weight excluding hydrogens is 213 g/mol. The summed E-state index contributed by atoms with van der Waals surface area (Å²) in [6.45, 7) is 0.165. The van der Waals surface area contributed by atoms with Gasteiger partial charge in [-0.3, -0.25) is 4.79 Å². The van der Waals surface area contributed by atoms with Crippen molar-refractivity contribution in [2.24, 2.45) is 0 Å². The smallest absolute Gasteiger partial charge is 0.308 e. The van der Waals surface area contributed by atoms with E-state index in [9.17, 15) is 14.3 Å². The number of carbonyl (C=O) groups is 1. The van der Waals surface area contributed by atoms with E-state index in [4.69, 9.17) is 0 Å². The van der Waals surface area contributed by atoms with Gasteiger partial charge in [-0.2, -0.15) is 0 Å². The van der Waals surface area contributed by atoms with Crippen LogP contribution in [0.25, 0.3) is 0 Å². The number of halogens is 1. The molecule has 0 saturated heterocycles. The molecule has 0 fully saturated rings. The van der Waals surface area contributed by atoms with Crippen molar-refractivity contribution < 1.29 is 19.0 Å². The van der Waals surface area contributed by atoms with E-state index >= 15 is 0 Å². The number of carbonyl (C=O) groups excluding carboxylic acids is 1. The Morgan fingerprint density at radius 2 is 2.38 bits per heavy atom. The highest BCUT2D eigenvalue weighted by Gasteiger charge is 2.10. The van der Waals surface area contributed by atoms with Crippen LogP contribution in [0.5, 0.6) is 0 Å². The zero-order valence-corrected chi connectivity index (χ0v) is 8.94. The number of hydrogen-bond acceptors (Lipinski definition) is 4. The Bertz CT molecular complexity index is 357. The number of rotatable bonds is 5. The lowest BCUT2D eigenvalue weighted by Gasteiger charge is -2.11. The number of anilines is 1. The van der Waals surface area contributed by atoms with Gasteiger partial charge in [0.1, 0.15) is 5.82 Å². The average Bonchev–Trinajstić information content (AvgIpc) is 2.26. The highest BCUT2D eigenvalue weighted by Crippen LogP contribution is 2.09. The molecule has 0 saturated carbocycles. The van der Waals surface area contributed by atoms with E-state index in [0.717, 1.165) is 0 Å². The molecule has 1 rings (SSSR count). The van der Waals surface area contributed by atoms with Crippen molar-refractivity contribution in [2.75, 3.05) is 19.0 Å². The Balaban J connectivity index is 2.37. The number of methoxy groups -OCH3 is 1. The Morgan fingerprint density at radius 1 is 1.62 bits per heavy atom. The fourth-order valence-electron chi connectivity index (χ4n) is 1.18. The van der Waals surface area contributed by atoms with E-state index in [1.807, 2.05) is 0 Å². The van der Waals surface area contributed by atoms with Crippen molar-refractivity contribution in [1.82, 2.24) is 0 Å². The lowest BCUT2D eigenvalue weighted by Crippen LogP contribution is -2.23. The van der Waals surface area contributed by atoms with E-state index in [1.54, 1.807) is 12.1 Å². The molecule has 0 heterocycles. The van der Waals surface area contributed by atoms with Crippen molar-refractivity contribution in [3.05, 3.63) is 30.1 Å². The SMILES string of the molecule is COC(=O)CC(O)CNc1cccc(F)c1. The van der Waals surface area contributed by atoms with Crippen LogP contribution in [0.4, 0.5) is 10.1 Å². The molecule has 1 aromatic rings. The van der Waals surface area contributed by atoms with Gasteiger partial charge in [0.25, 0.3) is 0 Å². The van der Waals surface area contributed by atoms with Gasteiger partial charge in [0.2, 0.25) is 0 Å². The average molecular weight is 227 g/mol. The number of aliphatic hydroxyl groups excluding tert-OH is 1. The summed E-state index contributed by atoms with van der Waals surface area (Å²) >= 11 is 0. The summed E-state index contributed by atoms with van der Waals surface area (Å²) in [5, 5.41) is 12.2. The van der Waals surface area contributed by atoms with E-state index < -0.39 is 12.1 Å². The van der Waals surface area contributed by atoms with Crippen LogP contribution in [-0.4, -0.2) is 30.8 Å². The molecule has 2 N–H and O–H groups in total. The number of benzene rings is 1. The second-order valence-electron chi connectivity index (χ2n) is 3.33. The van der Waals surface area contributed by atoms with Gasteiger partial charge in [0.15, 0.2) is 0 Å². The van der Waals surface area contributed by atoms with Crippen LogP contribution in [0.15, 0.2) is 24.3 Å². The lowest BCUT2D eigenvalue weighted by molar-refractivity contribution is -0.142. The van der Waals surface area contributed by atoms with Crippen LogP contribution in [0, 0.1) is 5.82 Å². The standard InChI is InChI=1S/C11H14FNO3/c1-16-11(15)6-10(14)7-13-9-4-2-3-8(12)5-9/h2-5,10,13-14H,6-7H2,1H3. The number of aliphatic hydroxyl groups is 1. The maximum absolute atomic E-state index is 12.8. The van der Waals surface area contributed by atoms with Crippen molar-refractivity contribution in [2.45, 2.75) is 12.5 Å². The predicted octanol–water partition coefficient (Wildman–Crippen LogP) is 1.16. The predicted molar refractivity (Wildman–Crippen MR) is 57.5 cm³/mol.